The predicted molar refractivity (Wildman–Crippen MR) is 48.9 cm³/mol. The Morgan fingerprint density at radius 1 is 1.54 bits per heavy atom. The summed E-state index contributed by atoms with van der Waals surface area (Å²) in [7, 11) is 0. The second-order valence-corrected chi connectivity index (χ2v) is 3.18. The quantitative estimate of drug-likeness (QED) is 0.333. The van der Waals surface area contributed by atoms with E-state index in [-0.39, 0.29) is 6.03 Å². The van der Waals surface area contributed by atoms with Gasteiger partial charge in [-0.3, -0.25) is 5.43 Å². The number of hydrogen-bond donors (Lipinski definition) is 3. The van der Waals surface area contributed by atoms with E-state index in [0.29, 0.717) is 12.6 Å². The number of ether oxygens (including phenoxy) is 1. The summed E-state index contributed by atoms with van der Waals surface area (Å²) in [6.07, 6.45) is 4.67. The molecule has 0 aliphatic carbocycles. The minimum Gasteiger partial charge on any atom is -0.378 e. The molecular weight excluding hydrogens is 170 g/mol. The number of hydrogen-bond acceptors (Lipinski definition) is 3. The molecule has 0 saturated carbocycles. The molecule has 1 aliphatic rings. The van der Waals surface area contributed by atoms with Gasteiger partial charge in [-0.05, 0) is 25.7 Å². The molecule has 0 spiro atoms. The van der Waals surface area contributed by atoms with Crippen LogP contribution in [0.2, 0.25) is 0 Å². The van der Waals surface area contributed by atoms with Gasteiger partial charge in [0.15, 0.2) is 0 Å². The monoisotopic (exact) mass is 187 g/mol. The molecule has 0 aromatic carbocycles. The summed E-state index contributed by atoms with van der Waals surface area (Å²) in [4.78, 5) is 10.7. The van der Waals surface area contributed by atoms with E-state index in [1.165, 1.54) is 6.42 Å². The van der Waals surface area contributed by atoms with Crippen molar-refractivity contribution in [3.8, 4) is 0 Å². The first-order chi connectivity index (χ1) is 6.33. The number of nitrogens with two attached hydrogens (primary N) is 1. The second-order valence-electron chi connectivity index (χ2n) is 3.18. The Bertz CT molecular complexity index is 157. The smallest absolute Gasteiger partial charge is 0.328 e. The van der Waals surface area contributed by atoms with E-state index in [2.05, 4.69) is 5.32 Å². The van der Waals surface area contributed by atoms with Crippen molar-refractivity contribution in [1.29, 1.82) is 0 Å². The van der Waals surface area contributed by atoms with E-state index in [0.717, 1.165) is 25.9 Å². The number of hydrazine groups is 1. The highest BCUT2D eigenvalue weighted by atomic mass is 16.5. The van der Waals surface area contributed by atoms with Gasteiger partial charge in [0, 0.05) is 13.2 Å². The normalized spacial score (nSPS) is 22.4. The first kappa shape index (κ1) is 10.3. The fourth-order valence-corrected chi connectivity index (χ4v) is 1.43. The van der Waals surface area contributed by atoms with E-state index >= 15 is 0 Å². The highest BCUT2D eigenvalue weighted by Crippen LogP contribution is 2.14. The zero-order valence-corrected chi connectivity index (χ0v) is 7.71. The maximum absolute atomic E-state index is 10.7. The number of amides is 2. The molecule has 1 fully saturated rings. The lowest BCUT2D eigenvalue weighted by atomic mass is 10.1. The minimum absolute atomic E-state index is 0.312. The van der Waals surface area contributed by atoms with Crippen LogP contribution in [-0.2, 0) is 4.74 Å². The van der Waals surface area contributed by atoms with Gasteiger partial charge < -0.3 is 10.1 Å². The lowest BCUT2D eigenvalue weighted by Crippen LogP contribution is -2.41. The highest BCUT2D eigenvalue weighted by molar-refractivity contribution is 5.72. The van der Waals surface area contributed by atoms with Gasteiger partial charge in [-0.1, -0.05) is 0 Å². The molecule has 76 valence electrons. The lowest BCUT2D eigenvalue weighted by Gasteiger charge is -2.22. The van der Waals surface area contributed by atoms with E-state index < -0.39 is 0 Å². The minimum atomic E-state index is -0.337. The Hall–Kier alpha value is -0.810. The highest BCUT2D eigenvalue weighted by Gasteiger charge is 2.13. The van der Waals surface area contributed by atoms with Gasteiger partial charge in [0.2, 0.25) is 0 Å². The second kappa shape index (κ2) is 5.77. The van der Waals surface area contributed by atoms with Gasteiger partial charge in [0.1, 0.15) is 0 Å². The number of urea groups is 1. The van der Waals surface area contributed by atoms with Crippen LogP contribution in [0.4, 0.5) is 4.79 Å². The average Bonchev–Trinajstić information content (AvgIpc) is 2.19. The first-order valence-corrected chi connectivity index (χ1v) is 4.69. The largest absolute Gasteiger partial charge is 0.378 e. The summed E-state index contributed by atoms with van der Waals surface area (Å²) in [5.74, 6) is 4.90. The summed E-state index contributed by atoms with van der Waals surface area (Å²) >= 11 is 0. The Balaban J connectivity index is 2.01. The van der Waals surface area contributed by atoms with Crippen molar-refractivity contribution in [3.05, 3.63) is 0 Å². The molecular formula is C8H17N3O2. The third kappa shape index (κ3) is 4.10. The van der Waals surface area contributed by atoms with Crippen LogP contribution in [0.1, 0.15) is 25.7 Å². The third-order valence-corrected chi connectivity index (χ3v) is 2.16. The summed E-state index contributed by atoms with van der Waals surface area (Å²) in [6, 6.07) is -0.337. The summed E-state index contributed by atoms with van der Waals surface area (Å²) in [5, 5.41) is 2.62. The fraction of sp³-hybridized carbons (Fsp3) is 0.875. The van der Waals surface area contributed by atoms with Crippen LogP contribution in [0.25, 0.3) is 0 Å². The molecule has 0 aromatic heterocycles. The third-order valence-electron chi connectivity index (χ3n) is 2.16. The molecule has 1 rings (SSSR count). The Morgan fingerprint density at radius 3 is 3.00 bits per heavy atom. The summed E-state index contributed by atoms with van der Waals surface area (Å²) in [5.41, 5.74) is 2.01. The SMILES string of the molecule is NNC(=O)NCCC1CCCCO1. The van der Waals surface area contributed by atoms with Crippen LogP contribution >= 0.6 is 0 Å². The number of nitrogens with one attached hydrogen (secondary N) is 2. The summed E-state index contributed by atoms with van der Waals surface area (Å²) in [6.45, 7) is 1.47. The van der Waals surface area contributed by atoms with E-state index in [9.17, 15) is 4.79 Å². The predicted octanol–water partition coefficient (Wildman–Crippen LogP) is 0.118. The number of carbonyl (C=O) groups excluding carboxylic acids is 1. The Morgan fingerprint density at radius 2 is 2.38 bits per heavy atom. The van der Waals surface area contributed by atoms with Crippen molar-refractivity contribution in [2.45, 2.75) is 31.8 Å². The molecule has 2 amide bonds. The van der Waals surface area contributed by atoms with Crippen molar-refractivity contribution >= 4 is 6.03 Å². The Kier molecular flexibility index (Phi) is 4.56. The zero-order chi connectivity index (χ0) is 9.52. The fourth-order valence-electron chi connectivity index (χ4n) is 1.43. The van der Waals surface area contributed by atoms with Crippen molar-refractivity contribution in [2.75, 3.05) is 13.2 Å². The molecule has 13 heavy (non-hydrogen) atoms. The maximum Gasteiger partial charge on any atom is 0.328 e. The molecule has 1 unspecified atom stereocenters. The Labute approximate surface area is 78.0 Å². The van der Waals surface area contributed by atoms with E-state index in [4.69, 9.17) is 10.6 Å². The van der Waals surface area contributed by atoms with Crippen LogP contribution in [-0.4, -0.2) is 25.3 Å². The maximum atomic E-state index is 10.7. The summed E-state index contributed by atoms with van der Waals surface area (Å²) < 4.78 is 5.49. The lowest BCUT2D eigenvalue weighted by molar-refractivity contribution is 0.0120. The van der Waals surface area contributed by atoms with Crippen molar-refractivity contribution in [1.82, 2.24) is 10.7 Å². The van der Waals surface area contributed by atoms with Gasteiger partial charge in [0.05, 0.1) is 6.10 Å². The van der Waals surface area contributed by atoms with E-state index in [1.807, 2.05) is 5.43 Å². The topological polar surface area (TPSA) is 76.4 Å². The van der Waals surface area contributed by atoms with Crippen molar-refractivity contribution in [2.24, 2.45) is 5.84 Å². The molecule has 5 heteroatoms. The van der Waals surface area contributed by atoms with Crippen LogP contribution < -0.4 is 16.6 Å². The van der Waals surface area contributed by atoms with Crippen LogP contribution in [0.15, 0.2) is 0 Å². The number of carbonyl (C=O) groups is 1. The van der Waals surface area contributed by atoms with Crippen LogP contribution in [0.5, 0.6) is 0 Å². The molecule has 1 heterocycles. The average molecular weight is 187 g/mol. The molecule has 1 atom stereocenters. The van der Waals surface area contributed by atoms with Gasteiger partial charge in [0.25, 0.3) is 0 Å². The van der Waals surface area contributed by atoms with Crippen molar-refractivity contribution in [3.63, 3.8) is 0 Å². The number of rotatable bonds is 3. The van der Waals surface area contributed by atoms with Gasteiger partial charge in [-0.25, -0.2) is 10.6 Å². The molecule has 4 N–H and O–H groups in total. The molecule has 1 saturated heterocycles. The van der Waals surface area contributed by atoms with Crippen LogP contribution in [0, 0.1) is 0 Å². The molecule has 1 aliphatic heterocycles. The van der Waals surface area contributed by atoms with Gasteiger partial charge in [-0.15, -0.1) is 0 Å². The molecule has 5 nitrogen and oxygen atoms in total. The van der Waals surface area contributed by atoms with Crippen LogP contribution in [0.3, 0.4) is 0 Å². The van der Waals surface area contributed by atoms with Crippen molar-refractivity contribution < 1.29 is 9.53 Å². The van der Waals surface area contributed by atoms with Gasteiger partial charge in [-0.2, -0.15) is 0 Å². The standard InChI is InChI=1S/C8H17N3O2/c9-11-8(12)10-5-4-7-3-1-2-6-13-7/h7H,1-6,9H2,(H2,10,11,12). The van der Waals surface area contributed by atoms with E-state index in [1.54, 1.807) is 0 Å². The first-order valence-electron chi connectivity index (χ1n) is 4.69. The van der Waals surface area contributed by atoms with Gasteiger partial charge >= 0.3 is 6.03 Å². The molecule has 0 aromatic rings. The molecule has 0 radical (unpaired) electrons. The zero-order valence-electron chi connectivity index (χ0n) is 7.71. The molecule has 0 bridgehead atoms.